The van der Waals surface area contributed by atoms with Crippen LogP contribution in [0.3, 0.4) is 0 Å². The lowest BCUT2D eigenvalue weighted by molar-refractivity contribution is 0.278. The zero-order valence-corrected chi connectivity index (χ0v) is 12.9. The quantitative estimate of drug-likeness (QED) is 0.579. The molecule has 1 heterocycles. The highest BCUT2D eigenvalue weighted by molar-refractivity contribution is 14.1. The van der Waals surface area contributed by atoms with E-state index in [1.807, 2.05) is 30.3 Å². The third-order valence-electron chi connectivity index (χ3n) is 2.83. The summed E-state index contributed by atoms with van der Waals surface area (Å²) in [4.78, 5) is 0. The van der Waals surface area contributed by atoms with Gasteiger partial charge in [0.05, 0.1) is 6.54 Å². The number of hydrogen-bond acceptors (Lipinski definition) is 1. The van der Waals surface area contributed by atoms with Gasteiger partial charge in [0, 0.05) is 11.9 Å². The number of benzene rings is 1. The van der Waals surface area contributed by atoms with Gasteiger partial charge in [-0.3, -0.25) is 0 Å². The van der Waals surface area contributed by atoms with Gasteiger partial charge in [-0.2, -0.15) is 0 Å². The lowest BCUT2D eigenvalue weighted by Crippen LogP contribution is -2.17. The van der Waals surface area contributed by atoms with Crippen LogP contribution in [0.15, 0.2) is 42.6 Å². The van der Waals surface area contributed by atoms with Crippen LogP contribution >= 0.6 is 22.6 Å². The van der Waals surface area contributed by atoms with Crippen LogP contribution in [0.25, 0.3) is 0 Å². The summed E-state index contributed by atoms with van der Waals surface area (Å²) in [5.74, 6) is 0.929. The molecular weight excluding hydrogens is 337 g/mol. The maximum atomic E-state index is 5.89. The molecule has 0 aliphatic rings. The number of halogens is 1. The molecule has 0 saturated carbocycles. The monoisotopic (exact) mass is 355 g/mol. The maximum Gasteiger partial charge on any atom is 0.167 e. The smallest absolute Gasteiger partial charge is 0.167 e. The molecule has 0 fully saturated rings. The third kappa shape index (κ3) is 3.51. The molecule has 0 bridgehead atoms. The molecule has 0 aliphatic heterocycles. The summed E-state index contributed by atoms with van der Waals surface area (Å²) in [5.41, 5.74) is 2.68. The van der Waals surface area contributed by atoms with Crippen molar-refractivity contribution in [3.05, 3.63) is 53.9 Å². The van der Waals surface area contributed by atoms with E-state index in [1.54, 1.807) is 0 Å². The number of alkyl halides is 1. The molecule has 1 atom stereocenters. The average molecular weight is 355 g/mol. The van der Waals surface area contributed by atoms with Crippen molar-refractivity contribution in [2.45, 2.75) is 30.9 Å². The number of aryl methyl sites for hydroxylation is 2. The second-order valence-electron chi connectivity index (χ2n) is 4.36. The van der Waals surface area contributed by atoms with Gasteiger partial charge in [0.2, 0.25) is 0 Å². The molecule has 0 spiro atoms. The van der Waals surface area contributed by atoms with Crippen molar-refractivity contribution in [2.24, 2.45) is 0 Å². The summed E-state index contributed by atoms with van der Waals surface area (Å²) >= 11 is 2.35. The zero-order chi connectivity index (χ0) is 13.0. The minimum atomic E-state index is 0.141. The first kappa shape index (κ1) is 13.5. The first-order valence-electron chi connectivity index (χ1n) is 6.20. The molecule has 3 heteroatoms. The molecule has 2 nitrogen and oxygen atoms in total. The van der Waals surface area contributed by atoms with Crippen LogP contribution in [-0.2, 0) is 13.0 Å². The Kier molecular flexibility index (Phi) is 4.69. The van der Waals surface area contributed by atoms with Crippen molar-refractivity contribution < 1.29 is 4.74 Å². The zero-order valence-electron chi connectivity index (χ0n) is 10.8. The van der Waals surface area contributed by atoms with Crippen molar-refractivity contribution in [3.8, 4) is 5.75 Å². The first-order chi connectivity index (χ1) is 8.69. The van der Waals surface area contributed by atoms with Gasteiger partial charge in [0.15, 0.2) is 4.11 Å². The second-order valence-corrected chi connectivity index (χ2v) is 5.74. The highest BCUT2D eigenvalue weighted by Crippen LogP contribution is 2.17. The van der Waals surface area contributed by atoms with Gasteiger partial charge in [0.1, 0.15) is 5.75 Å². The minimum Gasteiger partial charge on any atom is -0.478 e. The molecule has 0 radical (unpaired) electrons. The van der Waals surface area contributed by atoms with E-state index in [0.29, 0.717) is 0 Å². The number of hydrogen-bond donors (Lipinski definition) is 0. The molecule has 0 N–H and O–H groups in total. The summed E-state index contributed by atoms with van der Waals surface area (Å²) in [6.07, 6.45) is 3.25. The van der Waals surface area contributed by atoms with Gasteiger partial charge < -0.3 is 9.30 Å². The fraction of sp³-hybridized carbons (Fsp3) is 0.333. The van der Waals surface area contributed by atoms with E-state index in [2.05, 4.69) is 53.3 Å². The van der Waals surface area contributed by atoms with E-state index in [1.165, 1.54) is 11.3 Å². The van der Waals surface area contributed by atoms with Crippen molar-refractivity contribution in [1.82, 2.24) is 4.57 Å². The number of ether oxygens (including phenoxy) is 1. The molecule has 96 valence electrons. The van der Waals surface area contributed by atoms with Crippen molar-refractivity contribution in [3.63, 3.8) is 0 Å². The lowest BCUT2D eigenvalue weighted by atomic mass is 10.3. The largest absolute Gasteiger partial charge is 0.478 e. The van der Waals surface area contributed by atoms with E-state index in [4.69, 9.17) is 4.74 Å². The van der Waals surface area contributed by atoms with E-state index in [-0.39, 0.29) is 4.11 Å². The number of rotatable bonds is 5. The molecule has 2 aromatic rings. The van der Waals surface area contributed by atoms with E-state index < -0.39 is 0 Å². The Morgan fingerprint density at radius 1 is 1.28 bits per heavy atom. The van der Waals surface area contributed by atoms with Crippen LogP contribution in [0.1, 0.15) is 18.2 Å². The van der Waals surface area contributed by atoms with E-state index in [9.17, 15) is 0 Å². The lowest BCUT2D eigenvalue weighted by Gasteiger charge is -2.15. The Hall–Kier alpha value is -0.970. The molecule has 1 aromatic heterocycles. The van der Waals surface area contributed by atoms with Gasteiger partial charge in [-0.1, -0.05) is 25.1 Å². The average Bonchev–Trinajstić information content (AvgIpc) is 2.70. The van der Waals surface area contributed by atoms with Crippen LogP contribution in [0.4, 0.5) is 0 Å². The Morgan fingerprint density at radius 2 is 2.00 bits per heavy atom. The van der Waals surface area contributed by atoms with Crippen LogP contribution in [0, 0.1) is 6.92 Å². The highest BCUT2D eigenvalue weighted by atomic mass is 127. The molecule has 18 heavy (non-hydrogen) atoms. The number of nitrogens with zero attached hydrogens (tertiary/aromatic N) is 1. The molecule has 1 aromatic carbocycles. The van der Waals surface area contributed by atoms with Gasteiger partial charge in [-0.05, 0) is 59.7 Å². The molecule has 1 unspecified atom stereocenters. The molecular formula is C15H18INO. The summed E-state index contributed by atoms with van der Waals surface area (Å²) in [5, 5.41) is 0. The maximum absolute atomic E-state index is 5.89. The van der Waals surface area contributed by atoms with Crippen LogP contribution < -0.4 is 4.74 Å². The number of aromatic nitrogens is 1. The molecule has 0 aliphatic carbocycles. The predicted molar refractivity (Wildman–Crippen MR) is 83.4 cm³/mol. The van der Waals surface area contributed by atoms with Crippen LogP contribution in [-0.4, -0.2) is 8.68 Å². The van der Waals surface area contributed by atoms with Gasteiger partial charge >= 0.3 is 0 Å². The van der Waals surface area contributed by atoms with E-state index in [0.717, 1.165) is 18.7 Å². The topological polar surface area (TPSA) is 14.2 Å². The van der Waals surface area contributed by atoms with Crippen LogP contribution in [0.2, 0.25) is 0 Å². The van der Waals surface area contributed by atoms with Crippen molar-refractivity contribution in [1.29, 1.82) is 0 Å². The first-order valence-corrected chi connectivity index (χ1v) is 7.45. The predicted octanol–water partition coefficient (Wildman–Crippen LogP) is 4.20. The minimum absolute atomic E-state index is 0.141. The standard InChI is InChI=1S/C15H18INO/c1-3-13-9-12(2)10-17(13)11-15(16)18-14-7-5-4-6-8-14/h4-10,15H,3,11H2,1-2H3. The Labute approximate surface area is 122 Å². The SMILES string of the molecule is CCc1cc(C)cn1CC(I)Oc1ccccc1. The Morgan fingerprint density at radius 3 is 2.67 bits per heavy atom. The van der Waals surface area contributed by atoms with E-state index >= 15 is 0 Å². The van der Waals surface area contributed by atoms with Crippen molar-refractivity contribution in [2.75, 3.05) is 0 Å². The molecule has 2 rings (SSSR count). The Bertz CT molecular complexity index is 492. The van der Waals surface area contributed by atoms with Gasteiger partial charge in [-0.25, -0.2) is 0 Å². The highest BCUT2D eigenvalue weighted by Gasteiger charge is 2.09. The fourth-order valence-corrected chi connectivity index (χ4v) is 2.74. The summed E-state index contributed by atoms with van der Waals surface area (Å²) in [7, 11) is 0. The fourth-order valence-electron chi connectivity index (χ4n) is 2.03. The van der Waals surface area contributed by atoms with Gasteiger partial charge in [0.25, 0.3) is 0 Å². The summed E-state index contributed by atoms with van der Waals surface area (Å²) in [6, 6.07) is 12.2. The van der Waals surface area contributed by atoms with Crippen LogP contribution in [0.5, 0.6) is 5.75 Å². The molecule has 0 saturated heterocycles. The third-order valence-corrected chi connectivity index (χ3v) is 3.48. The summed E-state index contributed by atoms with van der Waals surface area (Å²) < 4.78 is 8.32. The summed E-state index contributed by atoms with van der Waals surface area (Å²) in [6.45, 7) is 5.20. The normalized spacial score (nSPS) is 12.4. The Balaban J connectivity index is 2.00. The van der Waals surface area contributed by atoms with Gasteiger partial charge in [-0.15, -0.1) is 0 Å². The van der Waals surface area contributed by atoms with Crippen molar-refractivity contribution >= 4 is 22.6 Å². The second kappa shape index (κ2) is 6.27. The molecule has 0 amide bonds. The number of para-hydroxylation sites is 1.